The number of aromatic amines is 1. The highest BCUT2D eigenvalue weighted by Crippen LogP contribution is 2.23. The third-order valence-electron chi connectivity index (χ3n) is 5.06. The summed E-state index contributed by atoms with van der Waals surface area (Å²) in [6, 6.07) is 14.6. The average Bonchev–Trinajstić information content (AvgIpc) is 3.30. The Bertz CT molecular complexity index is 1150. The summed E-state index contributed by atoms with van der Waals surface area (Å²) in [5, 5.41) is 24.1. The van der Waals surface area contributed by atoms with Crippen LogP contribution in [0, 0.1) is 16.0 Å². The Morgan fingerprint density at radius 3 is 2.50 bits per heavy atom. The second kappa shape index (κ2) is 11.4. The molecule has 0 saturated carbocycles. The first-order valence-corrected chi connectivity index (χ1v) is 11.7. The number of hydrogen-bond acceptors (Lipinski definition) is 7. The lowest BCUT2D eigenvalue weighted by molar-refractivity contribution is -0.384. The minimum absolute atomic E-state index is 0.0385. The molecule has 1 aromatic heterocycles. The van der Waals surface area contributed by atoms with Gasteiger partial charge in [0.25, 0.3) is 11.6 Å². The number of nitrogens with zero attached hydrogens (tertiary/aromatic N) is 3. The van der Waals surface area contributed by atoms with Gasteiger partial charge in [0, 0.05) is 17.7 Å². The largest absolute Gasteiger partial charge is 0.349 e. The Kier molecular flexibility index (Phi) is 8.36. The summed E-state index contributed by atoms with van der Waals surface area (Å²) >= 11 is 1.18. The van der Waals surface area contributed by atoms with E-state index < -0.39 is 16.9 Å². The van der Waals surface area contributed by atoms with E-state index in [0.29, 0.717) is 11.0 Å². The molecule has 0 aliphatic heterocycles. The molecule has 3 rings (SSSR count). The van der Waals surface area contributed by atoms with E-state index in [4.69, 9.17) is 0 Å². The third-order valence-corrected chi connectivity index (χ3v) is 5.91. The summed E-state index contributed by atoms with van der Waals surface area (Å²) in [4.78, 5) is 39.9. The van der Waals surface area contributed by atoms with Gasteiger partial charge in [-0.05, 0) is 24.5 Å². The van der Waals surface area contributed by atoms with Crippen LogP contribution < -0.4 is 10.6 Å². The van der Waals surface area contributed by atoms with Gasteiger partial charge in [0.15, 0.2) is 0 Å². The van der Waals surface area contributed by atoms with Crippen LogP contribution in [0.3, 0.4) is 0 Å². The van der Waals surface area contributed by atoms with Crippen molar-refractivity contribution < 1.29 is 14.5 Å². The Hall–Kier alpha value is -3.73. The van der Waals surface area contributed by atoms with Gasteiger partial charge < -0.3 is 10.6 Å². The van der Waals surface area contributed by atoms with Gasteiger partial charge in [-0.2, -0.15) is 0 Å². The summed E-state index contributed by atoms with van der Waals surface area (Å²) < 4.78 is 0. The smallest absolute Gasteiger partial charge is 0.270 e. The van der Waals surface area contributed by atoms with Crippen molar-refractivity contribution in [2.24, 2.45) is 5.92 Å². The minimum Gasteiger partial charge on any atom is -0.349 e. The van der Waals surface area contributed by atoms with E-state index in [2.05, 4.69) is 25.8 Å². The van der Waals surface area contributed by atoms with E-state index >= 15 is 0 Å². The molecule has 11 heteroatoms. The van der Waals surface area contributed by atoms with Gasteiger partial charge in [0.05, 0.1) is 22.8 Å². The van der Waals surface area contributed by atoms with E-state index in [9.17, 15) is 19.7 Å². The molecule has 0 radical (unpaired) electrons. The molecule has 0 unspecified atom stereocenters. The molecule has 10 nitrogen and oxygen atoms in total. The Morgan fingerprint density at radius 2 is 1.82 bits per heavy atom. The number of rotatable bonds is 10. The van der Waals surface area contributed by atoms with Crippen molar-refractivity contribution in [1.29, 1.82) is 0 Å². The maximum Gasteiger partial charge on any atom is 0.270 e. The second-order valence-electron chi connectivity index (χ2n) is 7.99. The monoisotopic (exact) mass is 482 g/mol. The molecule has 0 aliphatic carbocycles. The van der Waals surface area contributed by atoms with Crippen molar-refractivity contribution in [3.8, 4) is 0 Å². The van der Waals surface area contributed by atoms with E-state index in [0.717, 1.165) is 5.56 Å². The van der Waals surface area contributed by atoms with E-state index in [1.165, 1.54) is 36.0 Å². The number of carbonyl (C=O) groups is 2. The lowest BCUT2D eigenvalue weighted by Gasteiger charge is -2.19. The Labute approximate surface area is 201 Å². The molecule has 2 atom stereocenters. The number of nitrogens with one attached hydrogen (secondary N) is 3. The molecule has 34 heavy (non-hydrogen) atoms. The van der Waals surface area contributed by atoms with Gasteiger partial charge in [0.1, 0.15) is 5.82 Å². The number of H-pyrrole nitrogens is 1. The molecule has 1 heterocycles. The molecule has 0 fully saturated rings. The molecule has 0 saturated heterocycles. The highest BCUT2D eigenvalue weighted by atomic mass is 32.2. The quantitative estimate of drug-likeness (QED) is 0.226. The zero-order valence-electron chi connectivity index (χ0n) is 19.0. The second-order valence-corrected chi connectivity index (χ2v) is 8.94. The van der Waals surface area contributed by atoms with Crippen molar-refractivity contribution in [2.75, 3.05) is 5.75 Å². The third kappa shape index (κ3) is 6.64. The number of benzene rings is 2. The highest BCUT2D eigenvalue weighted by molar-refractivity contribution is 7.99. The van der Waals surface area contributed by atoms with Gasteiger partial charge in [-0.3, -0.25) is 24.8 Å². The average molecular weight is 483 g/mol. The topological polar surface area (TPSA) is 143 Å². The maximum atomic E-state index is 12.7. The van der Waals surface area contributed by atoms with Crippen LogP contribution in [0.1, 0.15) is 54.6 Å². The van der Waals surface area contributed by atoms with E-state index in [1.807, 2.05) is 51.1 Å². The first-order chi connectivity index (χ1) is 16.2. The van der Waals surface area contributed by atoms with Crippen molar-refractivity contribution in [3.63, 3.8) is 0 Å². The van der Waals surface area contributed by atoms with Crippen LogP contribution in [-0.4, -0.2) is 37.7 Å². The van der Waals surface area contributed by atoms with Crippen LogP contribution in [0.2, 0.25) is 0 Å². The Balaban J connectivity index is 1.60. The zero-order chi connectivity index (χ0) is 24.7. The Morgan fingerprint density at radius 1 is 1.09 bits per heavy atom. The van der Waals surface area contributed by atoms with Crippen LogP contribution >= 0.6 is 11.8 Å². The van der Waals surface area contributed by atoms with Crippen molar-refractivity contribution >= 4 is 29.3 Å². The lowest BCUT2D eigenvalue weighted by Crippen LogP contribution is -2.32. The van der Waals surface area contributed by atoms with Crippen LogP contribution in [0.4, 0.5) is 5.69 Å². The predicted molar refractivity (Wildman–Crippen MR) is 128 cm³/mol. The summed E-state index contributed by atoms with van der Waals surface area (Å²) in [5.41, 5.74) is 1.03. The van der Waals surface area contributed by atoms with Crippen molar-refractivity contribution in [2.45, 2.75) is 38.0 Å². The summed E-state index contributed by atoms with van der Waals surface area (Å²) in [6.07, 6.45) is 0. The number of carbonyl (C=O) groups excluding carboxylic acids is 2. The van der Waals surface area contributed by atoms with Gasteiger partial charge in [-0.1, -0.05) is 62.0 Å². The zero-order valence-corrected chi connectivity index (χ0v) is 19.8. The van der Waals surface area contributed by atoms with Crippen LogP contribution in [-0.2, 0) is 4.79 Å². The molecular formula is C23H26N6O4S. The molecule has 178 valence electrons. The SMILES string of the molecule is CC(C)[C@H](NC(=O)c1cccc([N+](=O)[O-])c1)c1nc(SCC(=O)N[C@@H](C)c2ccccc2)n[nH]1. The fourth-order valence-electron chi connectivity index (χ4n) is 3.24. The first kappa shape index (κ1) is 24.9. The summed E-state index contributed by atoms with van der Waals surface area (Å²) in [5.74, 6) is -0.0619. The molecule has 2 aromatic carbocycles. The molecule has 0 spiro atoms. The number of amides is 2. The fraction of sp³-hybridized carbons (Fsp3) is 0.304. The van der Waals surface area contributed by atoms with E-state index in [-0.39, 0.29) is 34.9 Å². The van der Waals surface area contributed by atoms with Gasteiger partial charge in [0.2, 0.25) is 11.1 Å². The first-order valence-electron chi connectivity index (χ1n) is 10.7. The van der Waals surface area contributed by atoms with Crippen molar-refractivity contribution in [1.82, 2.24) is 25.8 Å². The van der Waals surface area contributed by atoms with E-state index in [1.54, 1.807) is 0 Å². The number of thioether (sulfide) groups is 1. The lowest BCUT2D eigenvalue weighted by atomic mass is 10.0. The molecule has 2 amide bonds. The molecule has 3 aromatic rings. The normalized spacial score (nSPS) is 12.7. The van der Waals surface area contributed by atoms with Gasteiger partial charge in [-0.25, -0.2) is 4.98 Å². The van der Waals surface area contributed by atoms with Crippen molar-refractivity contribution in [3.05, 3.63) is 81.7 Å². The number of nitro benzene ring substituents is 1. The number of hydrogen-bond donors (Lipinski definition) is 3. The molecular weight excluding hydrogens is 456 g/mol. The van der Waals surface area contributed by atoms with Gasteiger partial charge >= 0.3 is 0 Å². The van der Waals surface area contributed by atoms with Gasteiger partial charge in [-0.15, -0.1) is 5.10 Å². The summed E-state index contributed by atoms with van der Waals surface area (Å²) in [7, 11) is 0. The summed E-state index contributed by atoms with van der Waals surface area (Å²) in [6.45, 7) is 5.73. The number of non-ortho nitro benzene ring substituents is 1. The predicted octanol–water partition coefficient (Wildman–Crippen LogP) is 3.81. The van der Waals surface area contributed by atoms with Crippen LogP contribution in [0.5, 0.6) is 0 Å². The number of aromatic nitrogens is 3. The van der Waals surface area contributed by atoms with Crippen LogP contribution in [0.15, 0.2) is 59.8 Å². The van der Waals surface area contributed by atoms with Crippen LogP contribution in [0.25, 0.3) is 0 Å². The number of nitro groups is 1. The highest BCUT2D eigenvalue weighted by Gasteiger charge is 2.24. The molecule has 3 N–H and O–H groups in total. The minimum atomic E-state index is -0.548. The standard InChI is InChI=1S/C23H26N6O4S/c1-14(2)20(25-22(31)17-10-7-11-18(12-17)29(32)33)21-26-23(28-27-21)34-13-19(30)24-15(3)16-8-5-4-6-9-16/h4-12,14-15,20H,13H2,1-3H3,(H,24,30)(H,25,31)(H,26,27,28)/t15-,20-/m0/s1. The molecule has 0 aliphatic rings. The molecule has 0 bridgehead atoms. The fourth-order valence-corrected chi connectivity index (χ4v) is 3.85. The maximum absolute atomic E-state index is 12.7.